The Balaban J connectivity index is 0.00000162. The predicted octanol–water partition coefficient (Wildman–Crippen LogP) is 0.675. The number of ketones is 1. The van der Waals surface area contributed by atoms with Crippen molar-refractivity contribution in [3.8, 4) is 0 Å². The van der Waals surface area contributed by atoms with Gasteiger partial charge >= 0.3 is 0 Å². The highest BCUT2D eigenvalue weighted by Gasteiger charge is 2.21. The van der Waals surface area contributed by atoms with E-state index in [0.29, 0.717) is 19.7 Å². The second-order valence-electron chi connectivity index (χ2n) is 4.20. The SMILES string of the molecule is O=C(CN1CCO[C@H](CO)C1)c1ccccc1.S. The summed E-state index contributed by atoms with van der Waals surface area (Å²) >= 11 is 0. The van der Waals surface area contributed by atoms with E-state index in [4.69, 9.17) is 9.84 Å². The van der Waals surface area contributed by atoms with Crippen LogP contribution in [0.25, 0.3) is 0 Å². The summed E-state index contributed by atoms with van der Waals surface area (Å²) in [5.74, 6) is 0.115. The molecule has 0 amide bonds. The van der Waals surface area contributed by atoms with Crippen LogP contribution in [-0.4, -0.2) is 54.7 Å². The van der Waals surface area contributed by atoms with Crippen molar-refractivity contribution in [1.29, 1.82) is 0 Å². The van der Waals surface area contributed by atoms with E-state index in [0.717, 1.165) is 12.1 Å². The quantitative estimate of drug-likeness (QED) is 0.817. The third-order valence-corrected chi connectivity index (χ3v) is 2.89. The van der Waals surface area contributed by atoms with E-state index in [1.165, 1.54) is 0 Å². The van der Waals surface area contributed by atoms with Gasteiger partial charge in [0.15, 0.2) is 5.78 Å². The number of benzene rings is 1. The van der Waals surface area contributed by atoms with Gasteiger partial charge in [-0.2, -0.15) is 13.5 Å². The monoisotopic (exact) mass is 269 g/mol. The Bertz CT molecular complexity index is 372. The van der Waals surface area contributed by atoms with Gasteiger partial charge in [-0.15, -0.1) is 0 Å². The molecule has 1 N–H and O–H groups in total. The average Bonchev–Trinajstić information content (AvgIpc) is 2.40. The van der Waals surface area contributed by atoms with E-state index in [9.17, 15) is 4.79 Å². The molecule has 0 unspecified atom stereocenters. The molecule has 1 heterocycles. The average molecular weight is 269 g/mol. The molecule has 1 aromatic rings. The number of morpholine rings is 1. The lowest BCUT2D eigenvalue weighted by Gasteiger charge is -2.31. The normalized spacial score (nSPS) is 20.2. The summed E-state index contributed by atoms with van der Waals surface area (Å²) in [5, 5.41) is 9.02. The fraction of sp³-hybridized carbons (Fsp3) is 0.462. The molecule has 1 aliphatic rings. The minimum absolute atomic E-state index is 0. The maximum Gasteiger partial charge on any atom is 0.176 e. The molecule has 2 rings (SSSR count). The number of Topliss-reactive ketones (excluding diaryl/α,β-unsaturated/α-hetero) is 1. The van der Waals surface area contributed by atoms with Crippen LogP contribution in [0.5, 0.6) is 0 Å². The van der Waals surface area contributed by atoms with E-state index in [1.54, 1.807) is 0 Å². The fourth-order valence-electron chi connectivity index (χ4n) is 1.95. The Morgan fingerprint density at radius 3 is 2.78 bits per heavy atom. The van der Waals surface area contributed by atoms with Gasteiger partial charge in [0.05, 0.1) is 25.9 Å². The van der Waals surface area contributed by atoms with Crippen LogP contribution in [0, 0.1) is 0 Å². The van der Waals surface area contributed by atoms with Crippen LogP contribution in [-0.2, 0) is 4.74 Å². The number of nitrogens with zero attached hydrogens (tertiary/aromatic N) is 1. The fourth-order valence-corrected chi connectivity index (χ4v) is 1.95. The summed E-state index contributed by atoms with van der Waals surface area (Å²) in [6, 6.07) is 9.28. The first-order valence-corrected chi connectivity index (χ1v) is 5.82. The number of carbonyl (C=O) groups excluding carboxylic acids is 1. The van der Waals surface area contributed by atoms with Crippen LogP contribution in [0.1, 0.15) is 10.4 Å². The van der Waals surface area contributed by atoms with E-state index >= 15 is 0 Å². The van der Waals surface area contributed by atoms with E-state index in [2.05, 4.69) is 0 Å². The maximum atomic E-state index is 12.0. The number of hydrogen-bond acceptors (Lipinski definition) is 4. The minimum Gasteiger partial charge on any atom is -0.394 e. The molecule has 0 radical (unpaired) electrons. The first-order valence-electron chi connectivity index (χ1n) is 5.82. The standard InChI is InChI=1S/C13H17NO3.H2S/c15-10-12-8-14(6-7-17-12)9-13(16)11-4-2-1-3-5-11;/h1-5,12,15H,6-10H2;1H2/t12-;/m0./s1. The van der Waals surface area contributed by atoms with Gasteiger partial charge in [-0.05, 0) is 0 Å². The molecule has 1 aromatic carbocycles. The second kappa shape index (κ2) is 7.53. The largest absolute Gasteiger partial charge is 0.394 e. The van der Waals surface area contributed by atoms with Gasteiger partial charge in [-0.25, -0.2) is 0 Å². The van der Waals surface area contributed by atoms with Crippen molar-refractivity contribution >= 4 is 19.3 Å². The van der Waals surface area contributed by atoms with Crippen molar-refractivity contribution < 1.29 is 14.6 Å². The Labute approximate surface area is 114 Å². The first kappa shape index (κ1) is 15.2. The third kappa shape index (κ3) is 4.10. The van der Waals surface area contributed by atoms with Crippen LogP contribution >= 0.6 is 13.5 Å². The molecular formula is C13H19NO3S. The van der Waals surface area contributed by atoms with Gasteiger partial charge in [-0.3, -0.25) is 9.69 Å². The number of hydrogen-bond donors (Lipinski definition) is 1. The molecule has 1 saturated heterocycles. The van der Waals surface area contributed by atoms with Gasteiger partial charge in [0.1, 0.15) is 0 Å². The van der Waals surface area contributed by atoms with Crippen molar-refractivity contribution in [2.24, 2.45) is 0 Å². The molecule has 0 bridgehead atoms. The summed E-state index contributed by atoms with van der Waals surface area (Å²) in [4.78, 5) is 14.0. The number of ether oxygens (including phenoxy) is 1. The predicted molar refractivity (Wildman–Crippen MR) is 74.4 cm³/mol. The summed E-state index contributed by atoms with van der Waals surface area (Å²) < 4.78 is 5.34. The zero-order chi connectivity index (χ0) is 12.1. The van der Waals surface area contributed by atoms with Gasteiger partial charge in [0, 0.05) is 18.7 Å². The molecule has 0 spiro atoms. The van der Waals surface area contributed by atoms with Crippen LogP contribution in [0.2, 0.25) is 0 Å². The van der Waals surface area contributed by atoms with Gasteiger partial charge < -0.3 is 9.84 Å². The topological polar surface area (TPSA) is 49.8 Å². The van der Waals surface area contributed by atoms with Crippen LogP contribution in [0.3, 0.4) is 0 Å². The molecule has 0 aliphatic carbocycles. The lowest BCUT2D eigenvalue weighted by molar-refractivity contribution is -0.0503. The molecular weight excluding hydrogens is 250 g/mol. The van der Waals surface area contributed by atoms with Crippen LogP contribution in [0.4, 0.5) is 0 Å². The van der Waals surface area contributed by atoms with Crippen LogP contribution < -0.4 is 0 Å². The molecule has 4 nitrogen and oxygen atoms in total. The summed E-state index contributed by atoms with van der Waals surface area (Å²) in [6.07, 6.45) is -0.160. The van der Waals surface area contributed by atoms with Crippen molar-refractivity contribution in [2.75, 3.05) is 32.8 Å². The Morgan fingerprint density at radius 1 is 1.39 bits per heavy atom. The zero-order valence-corrected chi connectivity index (χ0v) is 11.2. The lowest BCUT2D eigenvalue weighted by atomic mass is 10.1. The highest BCUT2D eigenvalue weighted by molar-refractivity contribution is 7.59. The van der Waals surface area contributed by atoms with E-state index in [1.807, 2.05) is 35.2 Å². The molecule has 18 heavy (non-hydrogen) atoms. The van der Waals surface area contributed by atoms with E-state index in [-0.39, 0.29) is 32.0 Å². The summed E-state index contributed by atoms with van der Waals surface area (Å²) in [6.45, 7) is 2.34. The number of rotatable bonds is 4. The lowest BCUT2D eigenvalue weighted by Crippen LogP contribution is -2.45. The first-order chi connectivity index (χ1) is 8.29. The van der Waals surface area contributed by atoms with E-state index < -0.39 is 0 Å². The Hall–Kier alpha value is -0.880. The van der Waals surface area contributed by atoms with Crippen molar-refractivity contribution in [1.82, 2.24) is 4.90 Å². The molecule has 0 aromatic heterocycles. The number of aliphatic hydroxyl groups excluding tert-OH is 1. The summed E-state index contributed by atoms with van der Waals surface area (Å²) in [7, 11) is 0. The number of carbonyl (C=O) groups is 1. The molecule has 5 heteroatoms. The van der Waals surface area contributed by atoms with Gasteiger partial charge in [-0.1, -0.05) is 30.3 Å². The van der Waals surface area contributed by atoms with Crippen LogP contribution in [0.15, 0.2) is 30.3 Å². The maximum absolute atomic E-state index is 12.0. The van der Waals surface area contributed by atoms with Crippen molar-refractivity contribution in [3.05, 3.63) is 35.9 Å². The third-order valence-electron chi connectivity index (χ3n) is 2.89. The molecule has 0 saturated carbocycles. The number of aliphatic hydroxyl groups is 1. The summed E-state index contributed by atoms with van der Waals surface area (Å²) in [5.41, 5.74) is 0.736. The smallest absolute Gasteiger partial charge is 0.176 e. The molecule has 1 atom stereocenters. The van der Waals surface area contributed by atoms with Gasteiger partial charge in [0.2, 0.25) is 0 Å². The molecule has 1 fully saturated rings. The van der Waals surface area contributed by atoms with Crippen molar-refractivity contribution in [3.63, 3.8) is 0 Å². The second-order valence-corrected chi connectivity index (χ2v) is 4.20. The zero-order valence-electron chi connectivity index (χ0n) is 10.2. The minimum atomic E-state index is -0.160. The van der Waals surface area contributed by atoms with Crippen molar-refractivity contribution in [2.45, 2.75) is 6.10 Å². The highest BCUT2D eigenvalue weighted by Crippen LogP contribution is 2.07. The molecule has 100 valence electrons. The van der Waals surface area contributed by atoms with Gasteiger partial charge in [0.25, 0.3) is 0 Å². The highest BCUT2D eigenvalue weighted by atomic mass is 32.1. The Morgan fingerprint density at radius 2 is 2.11 bits per heavy atom. The molecule has 1 aliphatic heterocycles. The Kier molecular flexibility index (Phi) is 6.35.